The first kappa shape index (κ1) is 33.3. The standard InChI is InChI=1S/C36H41N3O5S/c1-5-44-34-22-13-12-21-32(34)39(45(42,43)31-19-10-7-11-20-31)26-35(40)38(25-30-18-14-15-28(4)23-30)33(36(41)37-27(2)3)24-29-16-8-6-9-17-29/h6-23,27,33H,5,24-26H2,1-4H3,(H,37,41)/t33-/m0/s1. The van der Waals surface area contributed by atoms with E-state index in [0.717, 1.165) is 21.0 Å². The van der Waals surface area contributed by atoms with E-state index in [1.165, 1.54) is 17.0 Å². The Hall–Kier alpha value is -4.63. The molecule has 1 atom stereocenters. The van der Waals surface area contributed by atoms with Crippen molar-refractivity contribution in [3.8, 4) is 5.75 Å². The van der Waals surface area contributed by atoms with Crippen molar-refractivity contribution in [2.45, 2.75) is 57.6 Å². The number of sulfonamides is 1. The molecule has 0 unspecified atom stereocenters. The Morgan fingerprint density at radius 1 is 0.822 bits per heavy atom. The van der Waals surface area contributed by atoms with Gasteiger partial charge in [0.05, 0.1) is 17.2 Å². The summed E-state index contributed by atoms with van der Waals surface area (Å²) in [6, 6.07) is 30.9. The molecule has 0 saturated heterocycles. The smallest absolute Gasteiger partial charge is 0.264 e. The van der Waals surface area contributed by atoms with Gasteiger partial charge in [-0.25, -0.2) is 8.42 Å². The first-order valence-electron chi connectivity index (χ1n) is 15.1. The zero-order chi connectivity index (χ0) is 32.4. The number of hydrogen-bond acceptors (Lipinski definition) is 5. The SMILES string of the molecule is CCOc1ccccc1N(CC(=O)N(Cc1cccc(C)c1)[C@@H](Cc1ccccc1)C(=O)NC(C)C)S(=O)(=O)c1ccccc1. The van der Waals surface area contributed by atoms with Crippen LogP contribution >= 0.6 is 0 Å². The average Bonchev–Trinajstić information content (AvgIpc) is 3.02. The molecular weight excluding hydrogens is 586 g/mol. The van der Waals surface area contributed by atoms with Crippen LogP contribution in [-0.2, 0) is 32.6 Å². The van der Waals surface area contributed by atoms with Crippen molar-refractivity contribution < 1.29 is 22.7 Å². The molecule has 8 nitrogen and oxygen atoms in total. The number of carbonyl (C=O) groups excluding carboxylic acids is 2. The molecule has 1 N–H and O–H groups in total. The highest BCUT2D eigenvalue weighted by atomic mass is 32.2. The lowest BCUT2D eigenvalue weighted by atomic mass is 10.0. The molecule has 0 aliphatic rings. The minimum atomic E-state index is -4.22. The topological polar surface area (TPSA) is 96.0 Å². The van der Waals surface area contributed by atoms with Crippen molar-refractivity contribution in [3.63, 3.8) is 0 Å². The van der Waals surface area contributed by atoms with Gasteiger partial charge in [0.25, 0.3) is 10.0 Å². The monoisotopic (exact) mass is 627 g/mol. The van der Waals surface area contributed by atoms with Crippen LogP contribution in [0, 0.1) is 6.92 Å². The summed E-state index contributed by atoms with van der Waals surface area (Å²) in [6.45, 7) is 7.36. The van der Waals surface area contributed by atoms with Gasteiger partial charge in [-0.1, -0.05) is 90.5 Å². The lowest BCUT2D eigenvalue weighted by molar-refractivity contribution is -0.140. The molecule has 2 amide bonds. The van der Waals surface area contributed by atoms with Crippen LogP contribution in [0.2, 0.25) is 0 Å². The predicted molar refractivity (Wildman–Crippen MR) is 178 cm³/mol. The van der Waals surface area contributed by atoms with Gasteiger partial charge in [0.2, 0.25) is 11.8 Å². The maximum Gasteiger partial charge on any atom is 0.264 e. The van der Waals surface area contributed by atoms with E-state index >= 15 is 0 Å². The highest BCUT2D eigenvalue weighted by Crippen LogP contribution is 2.33. The summed E-state index contributed by atoms with van der Waals surface area (Å²) in [5.41, 5.74) is 2.94. The lowest BCUT2D eigenvalue weighted by Gasteiger charge is -2.34. The van der Waals surface area contributed by atoms with Crippen molar-refractivity contribution in [3.05, 3.63) is 126 Å². The Balaban J connectivity index is 1.83. The molecule has 236 valence electrons. The first-order valence-corrected chi connectivity index (χ1v) is 16.5. The van der Waals surface area contributed by atoms with Gasteiger partial charge < -0.3 is 15.0 Å². The molecule has 9 heteroatoms. The van der Waals surface area contributed by atoms with Gasteiger partial charge in [-0.15, -0.1) is 0 Å². The first-order chi connectivity index (χ1) is 21.6. The summed E-state index contributed by atoms with van der Waals surface area (Å²) < 4.78 is 35.3. The summed E-state index contributed by atoms with van der Waals surface area (Å²) >= 11 is 0. The van der Waals surface area contributed by atoms with Gasteiger partial charge in [0.15, 0.2) is 0 Å². The zero-order valence-corrected chi connectivity index (χ0v) is 27.0. The van der Waals surface area contributed by atoms with E-state index in [0.29, 0.717) is 12.4 Å². The number of amides is 2. The quantitative estimate of drug-likeness (QED) is 0.192. The summed E-state index contributed by atoms with van der Waals surface area (Å²) in [5.74, 6) is -0.514. The van der Waals surface area contributed by atoms with Gasteiger partial charge in [0, 0.05) is 19.0 Å². The van der Waals surface area contributed by atoms with Gasteiger partial charge in [0.1, 0.15) is 18.3 Å². The van der Waals surface area contributed by atoms with E-state index in [2.05, 4.69) is 5.32 Å². The Morgan fingerprint density at radius 3 is 2.09 bits per heavy atom. The van der Waals surface area contributed by atoms with Crippen molar-refractivity contribution in [2.75, 3.05) is 17.5 Å². The third-order valence-corrected chi connectivity index (χ3v) is 8.96. The van der Waals surface area contributed by atoms with Crippen LogP contribution < -0.4 is 14.4 Å². The van der Waals surface area contributed by atoms with Crippen molar-refractivity contribution >= 4 is 27.5 Å². The fourth-order valence-corrected chi connectivity index (χ4v) is 6.56. The van der Waals surface area contributed by atoms with E-state index < -0.39 is 28.5 Å². The second kappa shape index (κ2) is 15.4. The maximum atomic E-state index is 14.6. The third-order valence-electron chi connectivity index (χ3n) is 7.18. The molecule has 0 aromatic heterocycles. The molecule has 45 heavy (non-hydrogen) atoms. The lowest BCUT2D eigenvalue weighted by Crippen LogP contribution is -2.54. The van der Waals surface area contributed by atoms with Gasteiger partial charge in [-0.2, -0.15) is 0 Å². The number of anilines is 1. The summed E-state index contributed by atoms with van der Waals surface area (Å²) in [7, 11) is -4.22. The number of hydrogen-bond donors (Lipinski definition) is 1. The van der Waals surface area contributed by atoms with Crippen LogP contribution in [0.15, 0.2) is 114 Å². The zero-order valence-electron chi connectivity index (χ0n) is 26.2. The molecule has 0 aliphatic heterocycles. The molecular formula is C36H41N3O5S. The van der Waals surface area contributed by atoms with Crippen LogP contribution in [0.25, 0.3) is 0 Å². The number of aryl methyl sites for hydroxylation is 1. The van der Waals surface area contributed by atoms with E-state index in [4.69, 9.17) is 4.74 Å². The average molecular weight is 628 g/mol. The normalized spacial score (nSPS) is 11.9. The van der Waals surface area contributed by atoms with Crippen LogP contribution in [0.1, 0.15) is 37.5 Å². The molecule has 4 rings (SSSR count). The molecule has 0 heterocycles. The Labute approximate surface area is 266 Å². The predicted octanol–water partition coefficient (Wildman–Crippen LogP) is 5.75. The highest BCUT2D eigenvalue weighted by molar-refractivity contribution is 7.92. The fourth-order valence-electron chi connectivity index (χ4n) is 5.12. The van der Waals surface area contributed by atoms with Gasteiger partial charge in [-0.3, -0.25) is 13.9 Å². The molecule has 4 aromatic carbocycles. The molecule has 0 saturated carbocycles. The molecule has 0 aliphatic carbocycles. The van der Waals surface area contributed by atoms with Crippen molar-refractivity contribution in [1.82, 2.24) is 10.2 Å². The van der Waals surface area contributed by atoms with E-state index in [1.807, 2.05) is 82.3 Å². The van der Waals surface area contributed by atoms with Crippen molar-refractivity contribution in [1.29, 1.82) is 0 Å². The van der Waals surface area contributed by atoms with Crippen LogP contribution in [0.4, 0.5) is 5.69 Å². The second-order valence-corrected chi connectivity index (χ2v) is 13.0. The van der Waals surface area contributed by atoms with E-state index in [-0.39, 0.29) is 35.5 Å². The second-order valence-electron chi connectivity index (χ2n) is 11.1. The molecule has 0 bridgehead atoms. The van der Waals surface area contributed by atoms with Crippen LogP contribution in [0.5, 0.6) is 5.75 Å². The summed E-state index contributed by atoms with van der Waals surface area (Å²) in [4.78, 5) is 29.9. The highest BCUT2D eigenvalue weighted by Gasteiger charge is 2.35. The number of carbonyl (C=O) groups is 2. The molecule has 0 radical (unpaired) electrons. The third kappa shape index (κ3) is 8.73. The Bertz CT molecular complexity index is 1680. The maximum absolute atomic E-state index is 14.6. The minimum Gasteiger partial charge on any atom is -0.492 e. The Kier molecular flexibility index (Phi) is 11.4. The van der Waals surface area contributed by atoms with Gasteiger partial charge in [-0.05, 0) is 63.1 Å². The molecule has 0 spiro atoms. The molecule has 4 aromatic rings. The number of benzene rings is 4. The number of para-hydroxylation sites is 2. The van der Waals surface area contributed by atoms with Crippen LogP contribution in [-0.4, -0.2) is 50.4 Å². The van der Waals surface area contributed by atoms with Crippen molar-refractivity contribution in [2.24, 2.45) is 0 Å². The number of nitrogens with zero attached hydrogens (tertiary/aromatic N) is 2. The largest absolute Gasteiger partial charge is 0.492 e. The van der Waals surface area contributed by atoms with Gasteiger partial charge >= 0.3 is 0 Å². The Morgan fingerprint density at radius 2 is 1.44 bits per heavy atom. The number of nitrogens with one attached hydrogen (secondary N) is 1. The number of ether oxygens (including phenoxy) is 1. The summed E-state index contributed by atoms with van der Waals surface area (Å²) in [6.07, 6.45) is 0.248. The minimum absolute atomic E-state index is 0.0349. The van der Waals surface area contributed by atoms with Crippen LogP contribution in [0.3, 0.4) is 0 Å². The number of rotatable bonds is 14. The van der Waals surface area contributed by atoms with E-state index in [1.54, 1.807) is 42.5 Å². The summed E-state index contributed by atoms with van der Waals surface area (Å²) in [5, 5.41) is 2.98. The molecule has 0 fully saturated rings. The van der Waals surface area contributed by atoms with E-state index in [9.17, 15) is 18.0 Å². The fraction of sp³-hybridized carbons (Fsp3) is 0.278.